The van der Waals surface area contributed by atoms with Crippen LogP contribution in [-0.4, -0.2) is 34.0 Å². The SMILES string of the molecule is CC(=O)c1cc([N+](=O)[O-])cc(B2OC(C)(C)C(C)(C)O2)n1. The first-order valence-electron chi connectivity index (χ1n) is 6.56. The van der Waals surface area contributed by atoms with Gasteiger partial charge in [-0.3, -0.25) is 19.9 Å². The van der Waals surface area contributed by atoms with Gasteiger partial charge in [-0.1, -0.05) is 0 Å². The molecule has 0 radical (unpaired) electrons. The number of carbonyl (C=O) groups is 1. The van der Waals surface area contributed by atoms with Crippen LogP contribution in [0.15, 0.2) is 12.1 Å². The van der Waals surface area contributed by atoms with Crippen molar-refractivity contribution in [1.29, 1.82) is 0 Å². The third-order valence-corrected chi connectivity index (χ3v) is 3.90. The van der Waals surface area contributed by atoms with Gasteiger partial charge in [-0.15, -0.1) is 0 Å². The summed E-state index contributed by atoms with van der Waals surface area (Å²) < 4.78 is 11.6. The van der Waals surface area contributed by atoms with Crippen molar-refractivity contribution in [2.75, 3.05) is 0 Å². The fourth-order valence-electron chi connectivity index (χ4n) is 1.91. The molecule has 2 rings (SSSR count). The Morgan fingerprint density at radius 2 is 1.76 bits per heavy atom. The predicted octanol–water partition coefficient (Wildman–Crippen LogP) is 1.49. The lowest BCUT2D eigenvalue weighted by Crippen LogP contribution is -2.41. The highest BCUT2D eigenvalue weighted by Crippen LogP contribution is 2.36. The second-order valence-electron chi connectivity index (χ2n) is 6.04. The van der Waals surface area contributed by atoms with E-state index in [1.807, 2.05) is 27.7 Å². The van der Waals surface area contributed by atoms with E-state index in [2.05, 4.69) is 4.98 Å². The van der Waals surface area contributed by atoms with E-state index in [4.69, 9.17) is 9.31 Å². The molecule has 1 aromatic heterocycles. The first-order valence-corrected chi connectivity index (χ1v) is 6.56. The first-order chi connectivity index (χ1) is 9.53. The van der Waals surface area contributed by atoms with E-state index in [9.17, 15) is 14.9 Å². The van der Waals surface area contributed by atoms with Crippen LogP contribution in [0.1, 0.15) is 45.1 Å². The van der Waals surface area contributed by atoms with E-state index < -0.39 is 23.2 Å². The summed E-state index contributed by atoms with van der Waals surface area (Å²) in [4.78, 5) is 26.0. The second-order valence-corrected chi connectivity index (χ2v) is 6.04. The van der Waals surface area contributed by atoms with Gasteiger partial charge in [-0.25, -0.2) is 0 Å². The number of hydrogen-bond donors (Lipinski definition) is 0. The number of hydrogen-bond acceptors (Lipinski definition) is 6. The van der Waals surface area contributed by atoms with E-state index in [0.717, 1.165) is 6.07 Å². The second kappa shape index (κ2) is 4.89. The third-order valence-electron chi connectivity index (χ3n) is 3.90. The summed E-state index contributed by atoms with van der Waals surface area (Å²) in [7, 11) is -0.840. The van der Waals surface area contributed by atoms with Crippen molar-refractivity contribution < 1.29 is 19.0 Å². The molecule has 21 heavy (non-hydrogen) atoms. The number of rotatable bonds is 3. The molecule has 1 fully saturated rings. The monoisotopic (exact) mass is 292 g/mol. The summed E-state index contributed by atoms with van der Waals surface area (Å²) in [6.07, 6.45) is 0. The van der Waals surface area contributed by atoms with Crippen molar-refractivity contribution in [1.82, 2.24) is 4.98 Å². The molecule has 0 amide bonds. The number of aromatic nitrogens is 1. The summed E-state index contributed by atoms with van der Waals surface area (Å²) in [6.45, 7) is 8.79. The molecule has 8 heteroatoms. The van der Waals surface area contributed by atoms with Gasteiger partial charge < -0.3 is 9.31 Å². The average molecular weight is 292 g/mol. The number of carbonyl (C=O) groups excluding carboxylic acids is 1. The van der Waals surface area contributed by atoms with Gasteiger partial charge in [0.05, 0.1) is 21.7 Å². The molecule has 1 saturated heterocycles. The maximum absolute atomic E-state index is 11.5. The fourth-order valence-corrected chi connectivity index (χ4v) is 1.91. The molecule has 112 valence electrons. The van der Waals surface area contributed by atoms with Crippen LogP contribution in [0.4, 0.5) is 5.69 Å². The van der Waals surface area contributed by atoms with E-state index in [-0.39, 0.29) is 22.8 Å². The highest BCUT2D eigenvalue weighted by Gasteiger charge is 2.52. The third kappa shape index (κ3) is 2.82. The molecule has 0 atom stereocenters. The van der Waals surface area contributed by atoms with Crippen LogP contribution < -0.4 is 5.59 Å². The number of nitrogens with zero attached hydrogens (tertiary/aromatic N) is 2. The highest BCUT2D eigenvalue weighted by atomic mass is 16.7. The summed E-state index contributed by atoms with van der Waals surface area (Å²) in [5, 5.41) is 11.0. The zero-order valence-corrected chi connectivity index (χ0v) is 12.7. The van der Waals surface area contributed by atoms with Gasteiger partial charge >= 0.3 is 7.12 Å². The van der Waals surface area contributed by atoms with Gasteiger partial charge in [0, 0.05) is 19.1 Å². The largest absolute Gasteiger partial charge is 0.514 e. The summed E-state index contributed by atoms with van der Waals surface area (Å²) >= 11 is 0. The van der Waals surface area contributed by atoms with Crippen molar-refractivity contribution in [3.63, 3.8) is 0 Å². The molecule has 0 aromatic carbocycles. The van der Waals surface area contributed by atoms with Gasteiger partial charge in [-0.05, 0) is 27.7 Å². The number of pyridine rings is 1. The predicted molar refractivity (Wildman–Crippen MR) is 76.6 cm³/mol. The minimum Gasteiger partial charge on any atom is -0.398 e. The van der Waals surface area contributed by atoms with E-state index in [1.165, 1.54) is 13.0 Å². The molecule has 0 N–H and O–H groups in total. The number of nitro groups is 1. The Kier molecular flexibility index (Phi) is 3.63. The minimum atomic E-state index is -0.840. The Bertz CT molecular complexity index is 566. The van der Waals surface area contributed by atoms with Gasteiger partial charge in [-0.2, -0.15) is 0 Å². The Morgan fingerprint density at radius 3 is 2.19 bits per heavy atom. The maximum Gasteiger partial charge on any atom is 0.514 e. The van der Waals surface area contributed by atoms with Crippen molar-refractivity contribution in [2.24, 2.45) is 0 Å². The maximum atomic E-state index is 11.5. The van der Waals surface area contributed by atoms with Crippen LogP contribution >= 0.6 is 0 Å². The average Bonchev–Trinajstić information content (AvgIpc) is 2.58. The van der Waals surface area contributed by atoms with Gasteiger partial charge in [0.2, 0.25) is 0 Å². The summed E-state index contributed by atoms with van der Waals surface area (Å²) in [5.41, 5.74) is -1.12. The van der Waals surface area contributed by atoms with Crippen molar-refractivity contribution >= 4 is 24.2 Å². The molecule has 1 aromatic rings. The van der Waals surface area contributed by atoms with Gasteiger partial charge in [0.15, 0.2) is 5.78 Å². The molecule has 0 bridgehead atoms. The Balaban J connectivity index is 2.45. The Hall–Kier alpha value is -1.80. The fraction of sp³-hybridized carbons (Fsp3) is 0.538. The van der Waals surface area contributed by atoms with Crippen LogP contribution in [0.25, 0.3) is 0 Å². The smallest absolute Gasteiger partial charge is 0.398 e. The lowest BCUT2D eigenvalue weighted by molar-refractivity contribution is -0.384. The van der Waals surface area contributed by atoms with E-state index >= 15 is 0 Å². The highest BCUT2D eigenvalue weighted by molar-refractivity contribution is 6.61. The normalized spacial score (nSPS) is 19.6. The lowest BCUT2D eigenvalue weighted by atomic mass is 9.83. The molecular formula is C13H17BN2O5. The molecular weight excluding hydrogens is 275 g/mol. The van der Waals surface area contributed by atoms with Gasteiger partial charge in [0.1, 0.15) is 5.69 Å². The van der Waals surface area contributed by atoms with Crippen molar-refractivity contribution in [3.8, 4) is 0 Å². The van der Waals surface area contributed by atoms with Crippen molar-refractivity contribution in [3.05, 3.63) is 27.9 Å². The molecule has 0 spiro atoms. The quantitative estimate of drug-likeness (QED) is 0.363. The first kappa shape index (κ1) is 15.6. The van der Waals surface area contributed by atoms with Crippen LogP contribution in [0.3, 0.4) is 0 Å². The summed E-state index contributed by atoms with van der Waals surface area (Å²) in [6, 6.07) is 2.42. The van der Waals surface area contributed by atoms with E-state index in [1.54, 1.807) is 0 Å². The zero-order valence-electron chi connectivity index (χ0n) is 12.7. The molecule has 1 aliphatic rings. The Morgan fingerprint density at radius 1 is 1.24 bits per heavy atom. The standard InChI is InChI=1S/C13H17BN2O5/c1-8(17)10-6-9(16(18)19)7-11(15-10)14-20-12(2,3)13(4,5)21-14/h6-7H,1-5H3. The Labute approximate surface area is 122 Å². The molecule has 0 unspecified atom stereocenters. The lowest BCUT2D eigenvalue weighted by Gasteiger charge is -2.32. The van der Waals surface area contributed by atoms with Gasteiger partial charge in [0.25, 0.3) is 5.69 Å². The van der Waals surface area contributed by atoms with Crippen LogP contribution in [0, 0.1) is 10.1 Å². The molecule has 2 heterocycles. The summed E-state index contributed by atoms with van der Waals surface area (Å²) in [5.74, 6) is -0.350. The zero-order chi connectivity index (χ0) is 16.0. The topological polar surface area (TPSA) is 91.6 Å². The number of ketones is 1. The van der Waals surface area contributed by atoms with Crippen LogP contribution in [0.5, 0.6) is 0 Å². The van der Waals surface area contributed by atoms with Crippen molar-refractivity contribution in [2.45, 2.75) is 45.8 Å². The molecule has 7 nitrogen and oxygen atoms in total. The van der Waals surface area contributed by atoms with Crippen LogP contribution in [0.2, 0.25) is 0 Å². The molecule has 0 saturated carbocycles. The molecule has 1 aliphatic heterocycles. The van der Waals surface area contributed by atoms with E-state index in [0.29, 0.717) is 0 Å². The van der Waals surface area contributed by atoms with Crippen LogP contribution in [-0.2, 0) is 9.31 Å². The molecule has 0 aliphatic carbocycles. The number of Topliss-reactive ketones (excluding diaryl/α,β-unsaturated/α-hetero) is 1. The minimum absolute atomic E-state index is 0.0221.